The molecule has 1 aliphatic heterocycles. The van der Waals surface area contributed by atoms with Gasteiger partial charge in [0.05, 0.1) is 24.3 Å². The molecule has 1 unspecified atom stereocenters. The Morgan fingerprint density at radius 3 is 2.84 bits per heavy atom. The van der Waals surface area contributed by atoms with Crippen LogP contribution in [0.15, 0.2) is 24.4 Å². The number of ether oxygens (including phenoxy) is 1. The van der Waals surface area contributed by atoms with Crippen LogP contribution in [0.25, 0.3) is 0 Å². The summed E-state index contributed by atoms with van der Waals surface area (Å²) in [4.78, 5) is 8.55. The summed E-state index contributed by atoms with van der Waals surface area (Å²) in [5.41, 5.74) is 1.64. The molecule has 1 aromatic carbocycles. The number of aromatic nitrogens is 2. The summed E-state index contributed by atoms with van der Waals surface area (Å²) in [6, 6.07) is 5.18. The van der Waals surface area contributed by atoms with Gasteiger partial charge in [-0.15, -0.1) is 0 Å². The van der Waals surface area contributed by atoms with Crippen LogP contribution < -0.4 is 15.4 Å². The lowest BCUT2D eigenvalue weighted by Gasteiger charge is -2.14. The summed E-state index contributed by atoms with van der Waals surface area (Å²) in [7, 11) is -1.39. The molecule has 1 aromatic heterocycles. The van der Waals surface area contributed by atoms with E-state index in [2.05, 4.69) is 20.6 Å². The maximum Gasteiger partial charge on any atom is 0.224 e. The van der Waals surface area contributed by atoms with Crippen LogP contribution in [-0.2, 0) is 9.84 Å². The first-order valence-electron chi connectivity index (χ1n) is 7.77. The Balaban J connectivity index is 1.77. The second-order valence-electron chi connectivity index (χ2n) is 5.94. The van der Waals surface area contributed by atoms with E-state index in [1.165, 1.54) is 0 Å². The van der Waals surface area contributed by atoms with Crippen LogP contribution >= 0.6 is 11.6 Å². The highest BCUT2D eigenvalue weighted by molar-refractivity contribution is 7.91. The molecule has 2 aromatic rings. The fourth-order valence-corrected chi connectivity index (χ4v) is 4.48. The first-order chi connectivity index (χ1) is 11.9. The molecule has 0 saturated carbocycles. The summed E-state index contributed by atoms with van der Waals surface area (Å²) in [5, 5.41) is 6.88. The van der Waals surface area contributed by atoms with Crippen molar-refractivity contribution in [2.75, 3.05) is 29.2 Å². The van der Waals surface area contributed by atoms with Crippen molar-refractivity contribution in [1.82, 2.24) is 9.97 Å². The van der Waals surface area contributed by atoms with E-state index in [1.54, 1.807) is 25.4 Å². The monoisotopic (exact) mass is 382 g/mol. The van der Waals surface area contributed by atoms with Crippen molar-refractivity contribution in [3.8, 4) is 5.75 Å². The van der Waals surface area contributed by atoms with Gasteiger partial charge in [0.1, 0.15) is 11.6 Å². The van der Waals surface area contributed by atoms with Crippen molar-refractivity contribution in [3.05, 3.63) is 35.0 Å². The summed E-state index contributed by atoms with van der Waals surface area (Å²) >= 11 is 6.12. The zero-order valence-electron chi connectivity index (χ0n) is 13.9. The molecule has 2 heterocycles. The number of nitrogens with one attached hydrogen (secondary N) is 2. The highest BCUT2D eigenvalue weighted by Crippen LogP contribution is 2.32. The molecule has 2 N–H and O–H groups in total. The summed E-state index contributed by atoms with van der Waals surface area (Å²) < 4.78 is 28.4. The third-order valence-corrected chi connectivity index (χ3v) is 6.14. The Kier molecular flexibility index (Phi) is 5.01. The Labute approximate surface area is 151 Å². The van der Waals surface area contributed by atoms with E-state index in [-0.39, 0.29) is 17.5 Å². The third-order valence-electron chi connectivity index (χ3n) is 3.96. The Hall–Kier alpha value is -2.06. The van der Waals surface area contributed by atoms with Crippen LogP contribution in [0.3, 0.4) is 0 Å². The lowest BCUT2D eigenvalue weighted by atomic mass is 10.2. The highest BCUT2D eigenvalue weighted by atomic mass is 35.5. The first-order valence-corrected chi connectivity index (χ1v) is 9.97. The molecule has 7 nitrogen and oxygen atoms in total. The fourth-order valence-electron chi connectivity index (χ4n) is 2.66. The second kappa shape index (κ2) is 7.05. The molecular formula is C16H19ClN4O3S. The van der Waals surface area contributed by atoms with E-state index < -0.39 is 9.84 Å². The Morgan fingerprint density at radius 1 is 1.36 bits per heavy atom. The smallest absolute Gasteiger partial charge is 0.224 e. The zero-order valence-corrected chi connectivity index (χ0v) is 15.5. The molecular weight excluding hydrogens is 364 g/mol. The number of nitrogens with zero attached hydrogens (tertiary/aromatic N) is 2. The van der Waals surface area contributed by atoms with E-state index in [0.29, 0.717) is 29.0 Å². The van der Waals surface area contributed by atoms with E-state index in [4.69, 9.17) is 16.3 Å². The van der Waals surface area contributed by atoms with Crippen molar-refractivity contribution < 1.29 is 13.2 Å². The van der Waals surface area contributed by atoms with Gasteiger partial charge in [0.2, 0.25) is 5.95 Å². The summed E-state index contributed by atoms with van der Waals surface area (Å²) in [6.07, 6.45) is 2.17. The average molecular weight is 383 g/mol. The summed E-state index contributed by atoms with van der Waals surface area (Å²) in [6.45, 7) is 1.90. The third kappa shape index (κ3) is 4.32. The van der Waals surface area contributed by atoms with Gasteiger partial charge in [0.15, 0.2) is 9.84 Å². The minimum Gasteiger partial charge on any atom is -0.495 e. The minimum absolute atomic E-state index is 0.109. The van der Waals surface area contributed by atoms with Crippen molar-refractivity contribution in [2.24, 2.45) is 0 Å². The van der Waals surface area contributed by atoms with Crippen LogP contribution in [0.4, 0.5) is 17.5 Å². The number of aryl methyl sites for hydroxylation is 1. The van der Waals surface area contributed by atoms with Crippen LogP contribution in [0.1, 0.15) is 12.0 Å². The van der Waals surface area contributed by atoms with Gasteiger partial charge < -0.3 is 15.4 Å². The predicted molar refractivity (Wildman–Crippen MR) is 98.7 cm³/mol. The molecule has 1 saturated heterocycles. The SMILES string of the molecule is COc1cc(Cl)c(C)cc1Nc1ccnc(NC2CCS(=O)(=O)C2)n1. The van der Waals surface area contributed by atoms with Crippen molar-refractivity contribution in [2.45, 2.75) is 19.4 Å². The van der Waals surface area contributed by atoms with Crippen LogP contribution in [0.2, 0.25) is 5.02 Å². The highest BCUT2D eigenvalue weighted by Gasteiger charge is 2.28. The standard InChI is InChI=1S/C16H19ClN4O3S/c1-10-7-13(14(24-2)8-12(10)17)20-15-3-5-18-16(21-15)19-11-4-6-25(22,23)9-11/h3,5,7-8,11H,4,6,9H2,1-2H3,(H2,18,19,20,21). The number of sulfone groups is 1. The Bertz CT molecular complexity index is 889. The van der Waals surface area contributed by atoms with Crippen molar-refractivity contribution >= 4 is 38.9 Å². The number of hydrogen-bond acceptors (Lipinski definition) is 7. The van der Waals surface area contributed by atoms with Gasteiger partial charge in [0, 0.05) is 23.3 Å². The van der Waals surface area contributed by atoms with Gasteiger partial charge >= 0.3 is 0 Å². The molecule has 0 bridgehead atoms. The van der Waals surface area contributed by atoms with Gasteiger partial charge in [-0.1, -0.05) is 11.6 Å². The number of hydrogen-bond donors (Lipinski definition) is 2. The van der Waals surface area contributed by atoms with E-state index in [1.807, 2.05) is 13.0 Å². The largest absolute Gasteiger partial charge is 0.495 e. The zero-order chi connectivity index (χ0) is 18.0. The summed E-state index contributed by atoms with van der Waals surface area (Å²) in [5.74, 6) is 1.86. The van der Waals surface area contributed by atoms with Gasteiger partial charge in [-0.3, -0.25) is 0 Å². The quantitative estimate of drug-likeness (QED) is 0.821. The topological polar surface area (TPSA) is 93.2 Å². The lowest BCUT2D eigenvalue weighted by Crippen LogP contribution is -2.22. The lowest BCUT2D eigenvalue weighted by molar-refractivity contribution is 0.416. The molecule has 25 heavy (non-hydrogen) atoms. The average Bonchev–Trinajstić information content (AvgIpc) is 2.89. The molecule has 1 fully saturated rings. The molecule has 0 radical (unpaired) electrons. The number of halogens is 1. The van der Waals surface area contributed by atoms with Crippen LogP contribution in [0.5, 0.6) is 5.75 Å². The van der Waals surface area contributed by atoms with Crippen molar-refractivity contribution in [1.29, 1.82) is 0 Å². The van der Waals surface area contributed by atoms with Crippen LogP contribution in [-0.4, -0.2) is 43.0 Å². The number of rotatable bonds is 5. The molecule has 0 amide bonds. The molecule has 0 aliphatic carbocycles. The van der Waals surface area contributed by atoms with Gasteiger partial charge in [-0.25, -0.2) is 13.4 Å². The fraction of sp³-hybridized carbons (Fsp3) is 0.375. The molecule has 1 aliphatic rings. The van der Waals surface area contributed by atoms with E-state index in [0.717, 1.165) is 11.3 Å². The maximum atomic E-state index is 11.6. The number of methoxy groups -OCH3 is 1. The predicted octanol–water partition coefficient (Wildman–Crippen LogP) is 2.79. The number of anilines is 3. The Morgan fingerprint density at radius 2 is 2.16 bits per heavy atom. The van der Waals surface area contributed by atoms with Gasteiger partial charge in [0.25, 0.3) is 0 Å². The maximum absolute atomic E-state index is 11.6. The van der Waals surface area contributed by atoms with Gasteiger partial charge in [-0.05, 0) is 31.0 Å². The molecule has 1 atom stereocenters. The molecule has 3 rings (SSSR count). The van der Waals surface area contributed by atoms with E-state index >= 15 is 0 Å². The molecule has 9 heteroatoms. The second-order valence-corrected chi connectivity index (χ2v) is 8.57. The van der Waals surface area contributed by atoms with Crippen molar-refractivity contribution in [3.63, 3.8) is 0 Å². The van der Waals surface area contributed by atoms with E-state index in [9.17, 15) is 8.42 Å². The molecule has 134 valence electrons. The van der Waals surface area contributed by atoms with Gasteiger partial charge in [-0.2, -0.15) is 4.98 Å². The minimum atomic E-state index is -2.95. The molecule has 0 spiro atoms. The number of benzene rings is 1. The normalized spacial score (nSPS) is 18.8. The van der Waals surface area contributed by atoms with Crippen LogP contribution in [0, 0.1) is 6.92 Å². The first kappa shape index (κ1) is 17.8.